The van der Waals surface area contributed by atoms with Crippen molar-refractivity contribution < 1.29 is 4.79 Å². The Kier molecular flexibility index (Phi) is 4.67. The molecule has 1 aliphatic rings. The third-order valence-corrected chi connectivity index (χ3v) is 4.62. The van der Waals surface area contributed by atoms with E-state index in [0.717, 1.165) is 16.7 Å². The summed E-state index contributed by atoms with van der Waals surface area (Å²) in [6.07, 6.45) is 5.94. The molecule has 1 unspecified atom stereocenters. The summed E-state index contributed by atoms with van der Waals surface area (Å²) in [5, 5.41) is 8.97. The van der Waals surface area contributed by atoms with Crippen molar-refractivity contribution >= 4 is 5.78 Å². The molecule has 0 heterocycles. The molecular formula is C22H25NO. The van der Waals surface area contributed by atoms with E-state index in [0.29, 0.717) is 5.56 Å². The maximum absolute atomic E-state index is 13.0. The highest BCUT2D eigenvalue weighted by atomic mass is 16.1. The fourth-order valence-electron chi connectivity index (χ4n) is 2.88. The van der Waals surface area contributed by atoms with Gasteiger partial charge in [0.1, 0.15) is 0 Å². The molecule has 1 aliphatic carbocycles. The van der Waals surface area contributed by atoms with Crippen LogP contribution < -0.4 is 0 Å². The van der Waals surface area contributed by atoms with E-state index >= 15 is 0 Å². The summed E-state index contributed by atoms with van der Waals surface area (Å²) < 4.78 is 0. The van der Waals surface area contributed by atoms with Gasteiger partial charge in [-0.1, -0.05) is 65.0 Å². The molecule has 0 N–H and O–H groups in total. The standard InChI is InChI=1S/C22H25NO/c1-7-22(5,6)19-13-17(12-18(20(19)24)21(2,3)4)16-10-8-15(14-23)9-11-16/h7-13,17H,1H2,2-6H3. The number of carbonyl (C=O) groups excluding carboxylic acids is 1. The number of ketones is 1. The van der Waals surface area contributed by atoms with Gasteiger partial charge in [0.25, 0.3) is 0 Å². The average molecular weight is 319 g/mol. The van der Waals surface area contributed by atoms with Crippen LogP contribution in [-0.2, 0) is 4.79 Å². The Balaban J connectivity index is 2.58. The van der Waals surface area contributed by atoms with Crippen LogP contribution >= 0.6 is 0 Å². The summed E-state index contributed by atoms with van der Waals surface area (Å²) in [5.41, 5.74) is 2.75. The third kappa shape index (κ3) is 3.41. The Bertz CT molecular complexity index is 762. The summed E-state index contributed by atoms with van der Waals surface area (Å²) in [6, 6.07) is 9.71. The van der Waals surface area contributed by atoms with Crippen molar-refractivity contribution in [3.05, 3.63) is 71.3 Å². The van der Waals surface area contributed by atoms with Crippen LogP contribution in [-0.4, -0.2) is 5.78 Å². The number of hydrogen-bond acceptors (Lipinski definition) is 2. The van der Waals surface area contributed by atoms with Crippen molar-refractivity contribution in [3.8, 4) is 6.07 Å². The highest BCUT2D eigenvalue weighted by molar-refractivity contribution is 6.11. The van der Waals surface area contributed by atoms with Crippen molar-refractivity contribution in [2.24, 2.45) is 10.8 Å². The van der Waals surface area contributed by atoms with Crippen LogP contribution in [0.4, 0.5) is 0 Å². The molecule has 0 bridgehead atoms. The van der Waals surface area contributed by atoms with Crippen molar-refractivity contribution in [2.45, 2.75) is 40.5 Å². The van der Waals surface area contributed by atoms with Crippen molar-refractivity contribution in [2.75, 3.05) is 0 Å². The van der Waals surface area contributed by atoms with Gasteiger partial charge in [0.2, 0.25) is 0 Å². The predicted octanol–water partition coefficient (Wildman–Crippen LogP) is 5.34. The highest BCUT2D eigenvalue weighted by Gasteiger charge is 2.36. The fraction of sp³-hybridized carbons (Fsp3) is 0.364. The molecule has 0 radical (unpaired) electrons. The van der Waals surface area contributed by atoms with Crippen LogP contribution in [0.5, 0.6) is 0 Å². The first-order chi connectivity index (χ1) is 11.1. The van der Waals surface area contributed by atoms with E-state index in [1.165, 1.54) is 0 Å². The van der Waals surface area contributed by atoms with Crippen molar-refractivity contribution in [1.82, 2.24) is 0 Å². The van der Waals surface area contributed by atoms with Gasteiger partial charge in [0, 0.05) is 22.5 Å². The number of carbonyl (C=O) groups is 1. The van der Waals surface area contributed by atoms with Gasteiger partial charge in [-0.2, -0.15) is 5.26 Å². The number of benzene rings is 1. The van der Waals surface area contributed by atoms with Gasteiger partial charge in [-0.05, 0) is 23.1 Å². The predicted molar refractivity (Wildman–Crippen MR) is 98.5 cm³/mol. The van der Waals surface area contributed by atoms with E-state index in [4.69, 9.17) is 5.26 Å². The smallest absolute Gasteiger partial charge is 0.185 e. The fourth-order valence-corrected chi connectivity index (χ4v) is 2.88. The molecule has 0 amide bonds. The van der Waals surface area contributed by atoms with Crippen LogP contribution in [0, 0.1) is 22.2 Å². The molecule has 2 nitrogen and oxygen atoms in total. The lowest BCUT2D eigenvalue weighted by Crippen LogP contribution is -2.29. The molecule has 0 fully saturated rings. The second kappa shape index (κ2) is 6.24. The molecule has 1 aromatic carbocycles. The summed E-state index contributed by atoms with van der Waals surface area (Å²) in [7, 11) is 0. The number of nitrogens with zero attached hydrogens (tertiary/aromatic N) is 1. The number of rotatable bonds is 3. The maximum Gasteiger partial charge on any atom is 0.185 e. The monoisotopic (exact) mass is 319 g/mol. The lowest BCUT2D eigenvalue weighted by atomic mass is 9.69. The lowest BCUT2D eigenvalue weighted by molar-refractivity contribution is -0.114. The zero-order chi connectivity index (χ0) is 18.1. The molecular weight excluding hydrogens is 294 g/mol. The summed E-state index contributed by atoms with van der Waals surface area (Å²) in [5.74, 6) is 0.135. The Morgan fingerprint density at radius 2 is 1.58 bits per heavy atom. The van der Waals surface area contributed by atoms with E-state index in [1.807, 2.05) is 50.3 Å². The zero-order valence-electron chi connectivity index (χ0n) is 15.2. The molecule has 2 rings (SSSR count). The SMILES string of the molecule is C=CC(C)(C)C1=CC(c2ccc(C#N)cc2)C=C(C(C)(C)C)C1=O. The first-order valence-corrected chi connectivity index (χ1v) is 8.23. The summed E-state index contributed by atoms with van der Waals surface area (Å²) >= 11 is 0. The normalized spacial score (nSPS) is 18.5. The van der Waals surface area contributed by atoms with E-state index < -0.39 is 0 Å². The van der Waals surface area contributed by atoms with E-state index in [1.54, 1.807) is 0 Å². The molecule has 124 valence electrons. The van der Waals surface area contributed by atoms with Gasteiger partial charge in [0.05, 0.1) is 11.6 Å². The number of Topliss-reactive ketones (excluding diaryl/α,β-unsaturated/α-hetero) is 1. The van der Waals surface area contributed by atoms with E-state index in [-0.39, 0.29) is 22.5 Å². The van der Waals surface area contributed by atoms with Crippen molar-refractivity contribution in [3.63, 3.8) is 0 Å². The minimum absolute atomic E-state index is 0.0268. The molecule has 0 saturated heterocycles. The summed E-state index contributed by atoms with van der Waals surface area (Å²) in [6.45, 7) is 14.1. The van der Waals surface area contributed by atoms with Crippen LogP contribution in [0.2, 0.25) is 0 Å². The maximum atomic E-state index is 13.0. The van der Waals surface area contributed by atoms with Gasteiger partial charge in [-0.25, -0.2) is 0 Å². The first kappa shape index (κ1) is 17.9. The minimum atomic E-state index is -0.382. The third-order valence-electron chi connectivity index (χ3n) is 4.62. The second-order valence-electron chi connectivity index (χ2n) is 7.93. The largest absolute Gasteiger partial charge is 0.289 e. The molecule has 1 aromatic rings. The van der Waals surface area contributed by atoms with Crippen LogP contribution in [0.15, 0.2) is 60.2 Å². The van der Waals surface area contributed by atoms with Gasteiger partial charge < -0.3 is 0 Å². The molecule has 1 atom stereocenters. The van der Waals surface area contributed by atoms with Gasteiger partial charge in [-0.3, -0.25) is 4.79 Å². The van der Waals surface area contributed by atoms with Gasteiger partial charge in [-0.15, -0.1) is 6.58 Å². The minimum Gasteiger partial charge on any atom is -0.289 e. The topological polar surface area (TPSA) is 40.9 Å². The Hall–Kier alpha value is -2.40. The Morgan fingerprint density at radius 1 is 1.04 bits per heavy atom. The quantitative estimate of drug-likeness (QED) is 0.706. The number of hydrogen-bond donors (Lipinski definition) is 0. The van der Waals surface area contributed by atoms with Crippen LogP contribution in [0.3, 0.4) is 0 Å². The average Bonchev–Trinajstić information content (AvgIpc) is 2.54. The van der Waals surface area contributed by atoms with E-state index in [9.17, 15) is 4.79 Å². The molecule has 2 heteroatoms. The molecule has 0 aromatic heterocycles. The molecule has 24 heavy (non-hydrogen) atoms. The van der Waals surface area contributed by atoms with Gasteiger partial charge >= 0.3 is 0 Å². The second-order valence-corrected chi connectivity index (χ2v) is 7.93. The highest BCUT2D eigenvalue weighted by Crippen LogP contribution is 2.42. The lowest BCUT2D eigenvalue weighted by Gasteiger charge is -2.33. The molecule has 0 aliphatic heterocycles. The Labute approximate surface area is 145 Å². The van der Waals surface area contributed by atoms with E-state index in [2.05, 4.69) is 39.5 Å². The number of allylic oxidation sites excluding steroid dienone is 5. The zero-order valence-corrected chi connectivity index (χ0v) is 15.2. The summed E-state index contributed by atoms with van der Waals surface area (Å²) in [4.78, 5) is 13.0. The Morgan fingerprint density at radius 3 is 2.04 bits per heavy atom. The van der Waals surface area contributed by atoms with Crippen LogP contribution in [0.1, 0.15) is 51.7 Å². The van der Waals surface area contributed by atoms with Gasteiger partial charge in [0.15, 0.2) is 5.78 Å². The molecule has 0 saturated carbocycles. The number of nitriles is 1. The van der Waals surface area contributed by atoms with Crippen molar-refractivity contribution in [1.29, 1.82) is 5.26 Å². The molecule has 0 spiro atoms. The van der Waals surface area contributed by atoms with Crippen LogP contribution in [0.25, 0.3) is 0 Å². The first-order valence-electron chi connectivity index (χ1n) is 8.23.